The van der Waals surface area contributed by atoms with Crippen molar-refractivity contribution in [1.29, 1.82) is 0 Å². The van der Waals surface area contributed by atoms with E-state index in [0.29, 0.717) is 23.0 Å². The lowest BCUT2D eigenvalue weighted by atomic mass is 10.1. The molecule has 0 amide bonds. The summed E-state index contributed by atoms with van der Waals surface area (Å²) in [5.74, 6) is 0.720. The molecule has 94 valence electrons. The van der Waals surface area contributed by atoms with Crippen molar-refractivity contribution in [1.82, 2.24) is 15.3 Å². The van der Waals surface area contributed by atoms with Gasteiger partial charge in [-0.3, -0.25) is 0 Å². The summed E-state index contributed by atoms with van der Waals surface area (Å²) in [6.45, 7) is 0.714. The summed E-state index contributed by atoms with van der Waals surface area (Å²) in [4.78, 5) is 8.69. The van der Waals surface area contributed by atoms with Crippen LogP contribution in [0.2, 0.25) is 10.0 Å². The van der Waals surface area contributed by atoms with Gasteiger partial charge in [0.15, 0.2) is 0 Å². The highest BCUT2D eigenvalue weighted by atomic mass is 35.5. The summed E-state index contributed by atoms with van der Waals surface area (Å²) >= 11 is 12.3. The Balaban J connectivity index is 2.26. The third kappa shape index (κ3) is 3.19. The molecule has 0 unspecified atom stereocenters. The molecule has 0 spiro atoms. The molecule has 0 radical (unpaired) electrons. The Kier molecular flexibility index (Phi) is 4.53. The van der Waals surface area contributed by atoms with Gasteiger partial charge in [0.05, 0.1) is 5.69 Å². The van der Waals surface area contributed by atoms with Crippen molar-refractivity contribution in [3.05, 3.63) is 57.6 Å². The number of halogens is 2. The number of hydrogen-bond acceptors (Lipinski definition) is 3. The van der Waals surface area contributed by atoms with Crippen LogP contribution in [0.4, 0.5) is 0 Å². The molecule has 0 saturated heterocycles. The van der Waals surface area contributed by atoms with Gasteiger partial charge in [-0.05, 0) is 30.8 Å². The van der Waals surface area contributed by atoms with Crippen LogP contribution in [-0.4, -0.2) is 17.0 Å². The maximum Gasteiger partial charge on any atom is 0.133 e. The van der Waals surface area contributed by atoms with Gasteiger partial charge in [-0.15, -0.1) is 0 Å². The lowest BCUT2D eigenvalue weighted by Crippen LogP contribution is -2.09. The Morgan fingerprint density at radius 2 is 1.89 bits per heavy atom. The van der Waals surface area contributed by atoms with Crippen molar-refractivity contribution in [3.8, 4) is 0 Å². The highest BCUT2D eigenvalue weighted by Crippen LogP contribution is 2.25. The monoisotopic (exact) mass is 281 g/mol. The lowest BCUT2D eigenvalue weighted by Gasteiger charge is -2.07. The summed E-state index contributed by atoms with van der Waals surface area (Å²) in [7, 11) is 1.88. The van der Waals surface area contributed by atoms with Crippen LogP contribution in [0, 0.1) is 0 Å². The first-order valence-electron chi connectivity index (χ1n) is 5.59. The van der Waals surface area contributed by atoms with Gasteiger partial charge in [0, 0.05) is 29.2 Å². The second kappa shape index (κ2) is 6.14. The molecule has 1 aromatic heterocycles. The molecule has 1 aromatic carbocycles. The van der Waals surface area contributed by atoms with Gasteiger partial charge >= 0.3 is 0 Å². The van der Waals surface area contributed by atoms with Crippen LogP contribution in [0.25, 0.3) is 0 Å². The predicted molar refractivity (Wildman–Crippen MR) is 74.1 cm³/mol. The van der Waals surface area contributed by atoms with Gasteiger partial charge in [0.1, 0.15) is 5.82 Å². The smallest absolute Gasteiger partial charge is 0.133 e. The molecule has 0 atom stereocenters. The second-order valence-electron chi connectivity index (χ2n) is 3.87. The quantitative estimate of drug-likeness (QED) is 0.936. The minimum atomic E-state index is 0.538. The van der Waals surface area contributed by atoms with E-state index in [2.05, 4.69) is 15.3 Å². The maximum atomic E-state index is 6.13. The zero-order valence-corrected chi connectivity index (χ0v) is 11.5. The molecule has 0 fully saturated rings. The minimum absolute atomic E-state index is 0.538. The molecular weight excluding hydrogens is 269 g/mol. The molecule has 0 aliphatic carbocycles. The van der Waals surface area contributed by atoms with Crippen LogP contribution in [0.15, 0.2) is 30.5 Å². The van der Waals surface area contributed by atoms with E-state index in [1.165, 1.54) is 0 Å². The van der Waals surface area contributed by atoms with Gasteiger partial charge in [-0.25, -0.2) is 9.97 Å². The average Bonchev–Trinajstić information content (AvgIpc) is 2.35. The largest absolute Gasteiger partial charge is 0.314 e. The molecule has 1 N–H and O–H groups in total. The van der Waals surface area contributed by atoms with E-state index in [1.54, 1.807) is 6.20 Å². The summed E-state index contributed by atoms with van der Waals surface area (Å²) in [5, 5.41) is 4.34. The molecule has 5 heteroatoms. The van der Waals surface area contributed by atoms with Crippen molar-refractivity contribution >= 4 is 23.2 Å². The first-order valence-corrected chi connectivity index (χ1v) is 6.34. The zero-order valence-electron chi connectivity index (χ0n) is 9.95. The van der Waals surface area contributed by atoms with Crippen LogP contribution < -0.4 is 5.32 Å². The number of rotatable bonds is 4. The molecule has 18 heavy (non-hydrogen) atoms. The SMILES string of the molecule is CNCc1ccnc(Cc2c(Cl)cccc2Cl)n1. The number of hydrogen-bond donors (Lipinski definition) is 1. The Bertz CT molecular complexity index is 523. The molecule has 0 aliphatic heterocycles. The van der Waals surface area contributed by atoms with Gasteiger partial charge < -0.3 is 5.32 Å². The predicted octanol–water partition coefficient (Wildman–Crippen LogP) is 3.09. The summed E-state index contributed by atoms with van der Waals surface area (Å²) in [6, 6.07) is 7.35. The number of nitrogens with one attached hydrogen (secondary N) is 1. The fraction of sp³-hybridized carbons (Fsp3) is 0.231. The van der Waals surface area contributed by atoms with E-state index in [9.17, 15) is 0 Å². The van der Waals surface area contributed by atoms with Crippen LogP contribution in [-0.2, 0) is 13.0 Å². The highest BCUT2D eigenvalue weighted by molar-refractivity contribution is 6.36. The van der Waals surface area contributed by atoms with Crippen molar-refractivity contribution in [3.63, 3.8) is 0 Å². The Hall–Kier alpha value is -1.16. The Morgan fingerprint density at radius 3 is 2.56 bits per heavy atom. The molecule has 1 heterocycles. The lowest BCUT2D eigenvalue weighted by molar-refractivity contribution is 0.772. The van der Waals surface area contributed by atoms with E-state index in [4.69, 9.17) is 23.2 Å². The van der Waals surface area contributed by atoms with Gasteiger partial charge in [0.2, 0.25) is 0 Å². The topological polar surface area (TPSA) is 37.8 Å². The molecule has 2 rings (SSSR count). The van der Waals surface area contributed by atoms with Gasteiger partial charge in [0.25, 0.3) is 0 Å². The van der Waals surface area contributed by atoms with Crippen LogP contribution >= 0.6 is 23.2 Å². The maximum absolute atomic E-state index is 6.13. The number of nitrogens with zero attached hydrogens (tertiary/aromatic N) is 2. The molecule has 0 saturated carbocycles. The van der Waals surface area contributed by atoms with E-state index < -0.39 is 0 Å². The molecular formula is C13H13Cl2N3. The second-order valence-corrected chi connectivity index (χ2v) is 4.69. The van der Waals surface area contributed by atoms with E-state index in [1.807, 2.05) is 31.3 Å². The fourth-order valence-corrected chi connectivity index (χ4v) is 2.20. The zero-order chi connectivity index (χ0) is 13.0. The average molecular weight is 282 g/mol. The van der Waals surface area contributed by atoms with Gasteiger partial charge in [-0.1, -0.05) is 29.3 Å². The highest BCUT2D eigenvalue weighted by Gasteiger charge is 2.08. The van der Waals surface area contributed by atoms with Gasteiger partial charge in [-0.2, -0.15) is 0 Å². The number of benzene rings is 1. The van der Waals surface area contributed by atoms with E-state index in [0.717, 1.165) is 17.1 Å². The van der Waals surface area contributed by atoms with Crippen molar-refractivity contribution in [2.24, 2.45) is 0 Å². The normalized spacial score (nSPS) is 10.6. The van der Waals surface area contributed by atoms with E-state index >= 15 is 0 Å². The van der Waals surface area contributed by atoms with Crippen molar-refractivity contribution < 1.29 is 0 Å². The molecule has 0 bridgehead atoms. The summed E-state index contributed by atoms with van der Waals surface area (Å²) < 4.78 is 0. The van der Waals surface area contributed by atoms with Crippen LogP contribution in [0.1, 0.15) is 17.1 Å². The first-order chi connectivity index (χ1) is 8.70. The summed E-state index contributed by atoms with van der Waals surface area (Å²) in [6.07, 6.45) is 2.29. The first kappa shape index (κ1) is 13.3. The van der Waals surface area contributed by atoms with Crippen molar-refractivity contribution in [2.75, 3.05) is 7.05 Å². The molecule has 0 aliphatic rings. The molecule has 2 aromatic rings. The minimum Gasteiger partial charge on any atom is -0.314 e. The number of aromatic nitrogens is 2. The Labute approximate surface area is 116 Å². The summed E-state index contributed by atoms with van der Waals surface area (Å²) in [5.41, 5.74) is 1.81. The Morgan fingerprint density at radius 1 is 1.17 bits per heavy atom. The fourth-order valence-electron chi connectivity index (χ4n) is 1.67. The van der Waals surface area contributed by atoms with Crippen LogP contribution in [0.3, 0.4) is 0 Å². The van der Waals surface area contributed by atoms with Crippen LogP contribution in [0.5, 0.6) is 0 Å². The molecule has 3 nitrogen and oxygen atoms in total. The third-order valence-corrected chi connectivity index (χ3v) is 3.23. The van der Waals surface area contributed by atoms with E-state index in [-0.39, 0.29) is 0 Å². The van der Waals surface area contributed by atoms with Crippen molar-refractivity contribution in [2.45, 2.75) is 13.0 Å². The standard InChI is InChI=1S/C13H13Cl2N3/c1-16-8-9-5-6-17-13(18-9)7-10-11(14)3-2-4-12(10)15/h2-6,16H,7-8H2,1H3. The third-order valence-electron chi connectivity index (χ3n) is 2.52.